The zero-order chi connectivity index (χ0) is 12.0. The van der Waals surface area contributed by atoms with Gasteiger partial charge in [-0.2, -0.15) is 0 Å². The summed E-state index contributed by atoms with van der Waals surface area (Å²) in [6.07, 6.45) is 7.81. The summed E-state index contributed by atoms with van der Waals surface area (Å²) in [6, 6.07) is -0.567. The molecule has 3 unspecified atom stereocenters. The maximum absolute atomic E-state index is 11.5. The van der Waals surface area contributed by atoms with Gasteiger partial charge in [0.05, 0.1) is 0 Å². The third-order valence-corrected chi connectivity index (χ3v) is 4.16. The summed E-state index contributed by atoms with van der Waals surface area (Å²) in [6.45, 7) is 0. The Balaban J connectivity index is 1.81. The number of nitrogens with zero attached hydrogens (tertiary/aromatic N) is 1. The Kier molecular flexibility index (Phi) is 2.30. The van der Waals surface area contributed by atoms with Crippen molar-refractivity contribution in [2.45, 2.75) is 16.8 Å². The highest BCUT2D eigenvalue weighted by molar-refractivity contribution is 8.00. The van der Waals surface area contributed by atoms with Crippen LogP contribution in [-0.2, 0) is 9.59 Å². The highest BCUT2D eigenvalue weighted by Gasteiger charge is 2.46. The Bertz CT molecular complexity index is 453. The number of amides is 4. The fraction of sp³-hybridized carbons (Fsp3) is 0.300. The van der Waals surface area contributed by atoms with Gasteiger partial charge in [0.1, 0.15) is 5.50 Å². The molecule has 7 heteroatoms. The molecule has 0 bridgehead atoms. The lowest BCUT2D eigenvalue weighted by molar-refractivity contribution is -0.140. The number of urea groups is 1. The molecule has 2 N–H and O–H groups in total. The predicted octanol–water partition coefficient (Wildman–Crippen LogP) is -0.452. The molecule has 2 fully saturated rings. The average Bonchev–Trinajstić information content (AvgIpc) is 2.81. The first kappa shape index (κ1) is 10.5. The van der Waals surface area contributed by atoms with Crippen LogP contribution in [0.5, 0.6) is 0 Å². The predicted molar refractivity (Wildman–Crippen MR) is 60.8 cm³/mol. The second-order valence-corrected chi connectivity index (χ2v) is 5.11. The summed E-state index contributed by atoms with van der Waals surface area (Å²) in [5.41, 5.74) is -0.489. The summed E-state index contributed by atoms with van der Waals surface area (Å²) in [4.78, 5) is 35.0. The molecule has 4 amide bonds. The summed E-state index contributed by atoms with van der Waals surface area (Å²) < 4.78 is 0. The van der Waals surface area contributed by atoms with Crippen LogP contribution in [0.25, 0.3) is 0 Å². The summed E-state index contributed by atoms with van der Waals surface area (Å²) in [5, 5.41) is 5.30. The van der Waals surface area contributed by atoms with Crippen LogP contribution in [0.2, 0.25) is 0 Å². The zero-order valence-corrected chi connectivity index (χ0v) is 9.44. The van der Waals surface area contributed by atoms with Gasteiger partial charge < -0.3 is 0 Å². The van der Waals surface area contributed by atoms with Crippen molar-refractivity contribution in [3.05, 3.63) is 24.3 Å². The van der Waals surface area contributed by atoms with E-state index in [0.717, 1.165) is 4.90 Å². The van der Waals surface area contributed by atoms with Crippen LogP contribution in [0.1, 0.15) is 0 Å². The van der Waals surface area contributed by atoms with E-state index in [2.05, 4.69) is 5.32 Å². The fourth-order valence-electron chi connectivity index (χ4n) is 1.98. The molecule has 6 nitrogen and oxygen atoms in total. The van der Waals surface area contributed by atoms with Crippen LogP contribution < -0.4 is 10.6 Å². The molecule has 0 aromatic rings. The minimum Gasteiger partial charge on any atom is -0.280 e. The smallest absolute Gasteiger partial charge is 0.280 e. The van der Waals surface area contributed by atoms with Gasteiger partial charge >= 0.3 is 17.8 Å². The quantitative estimate of drug-likeness (QED) is 0.487. The van der Waals surface area contributed by atoms with Gasteiger partial charge in [0.15, 0.2) is 0 Å². The highest BCUT2D eigenvalue weighted by atomic mass is 32.2. The van der Waals surface area contributed by atoms with Gasteiger partial charge in [0.2, 0.25) is 0 Å². The van der Waals surface area contributed by atoms with Gasteiger partial charge in [0, 0.05) is 11.3 Å². The molecule has 3 rings (SSSR count). The van der Waals surface area contributed by atoms with E-state index in [9.17, 15) is 14.4 Å². The van der Waals surface area contributed by atoms with Crippen molar-refractivity contribution < 1.29 is 14.4 Å². The Hall–Kier alpha value is -1.60. The number of thioether (sulfide) groups is 1. The van der Waals surface area contributed by atoms with E-state index >= 15 is 0 Å². The number of carbonyl (C=O) groups excluding carboxylic acids is 3. The first-order valence-corrected chi connectivity index (χ1v) is 6.06. The van der Waals surface area contributed by atoms with Crippen LogP contribution in [0, 0.1) is 0 Å². The second kappa shape index (κ2) is 3.71. The van der Waals surface area contributed by atoms with Crippen LogP contribution >= 0.6 is 11.8 Å². The highest BCUT2D eigenvalue weighted by Crippen LogP contribution is 2.33. The molecule has 88 valence electrons. The Morgan fingerprint density at radius 3 is 2.59 bits per heavy atom. The van der Waals surface area contributed by atoms with E-state index in [1.165, 1.54) is 11.8 Å². The number of fused-ring (bicyclic) bond motifs is 1. The number of imide groups is 2. The molecule has 0 aromatic heterocycles. The summed E-state index contributed by atoms with van der Waals surface area (Å²) >= 11 is 1.44. The molecule has 3 atom stereocenters. The normalized spacial score (nSPS) is 35.4. The SMILES string of the molecule is O=C1NC(=O)N(C2NC3C=CC=CC3S2)C1=O. The third-order valence-electron chi connectivity index (χ3n) is 2.79. The summed E-state index contributed by atoms with van der Waals surface area (Å²) in [7, 11) is 0. The van der Waals surface area contributed by atoms with Gasteiger partial charge in [-0.05, 0) is 0 Å². The van der Waals surface area contributed by atoms with E-state index in [1.807, 2.05) is 29.6 Å². The number of nitrogens with one attached hydrogen (secondary N) is 2. The standard InChI is InChI=1S/C10H9N3O3S/c14-7-8(15)13(9(16)12-7)10-11-5-3-1-2-4-6(5)17-10/h1-6,10-11H,(H,12,14,16). The van der Waals surface area contributed by atoms with Crippen molar-refractivity contribution in [2.24, 2.45) is 0 Å². The van der Waals surface area contributed by atoms with Crippen molar-refractivity contribution in [3.63, 3.8) is 0 Å². The molecule has 2 heterocycles. The van der Waals surface area contributed by atoms with E-state index in [4.69, 9.17) is 0 Å². The lowest BCUT2D eigenvalue weighted by Crippen LogP contribution is -2.46. The Labute approximate surface area is 101 Å². The minimum atomic E-state index is -0.863. The number of allylic oxidation sites excluding steroid dienone is 2. The first-order valence-electron chi connectivity index (χ1n) is 5.12. The molecule has 0 aromatic carbocycles. The molecule has 3 aliphatic rings. The van der Waals surface area contributed by atoms with Crippen molar-refractivity contribution in [3.8, 4) is 0 Å². The average molecular weight is 251 g/mol. The molecule has 17 heavy (non-hydrogen) atoms. The van der Waals surface area contributed by atoms with Gasteiger partial charge in [-0.15, -0.1) is 11.8 Å². The van der Waals surface area contributed by atoms with Crippen molar-refractivity contribution in [1.82, 2.24) is 15.5 Å². The van der Waals surface area contributed by atoms with Crippen LogP contribution in [0.3, 0.4) is 0 Å². The van der Waals surface area contributed by atoms with Crippen LogP contribution in [-0.4, -0.2) is 39.5 Å². The Morgan fingerprint density at radius 1 is 1.18 bits per heavy atom. The van der Waals surface area contributed by atoms with Crippen LogP contribution in [0.4, 0.5) is 4.79 Å². The van der Waals surface area contributed by atoms with Crippen molar-refractivity contribution >= 4 is 29.6 Å². The van der Waals surface area contributed by atoms with Gasteiger partial charge in [-0.3, -0.25) is 20.2 Å². The van der Waals surface area contributed by atoms with Gasteiger partial charge in [-0.1, -0.05) is 24.3 Å². The summed E-state index contributed by atoms with van der Waals surface area (Å²) in [5.74, 6) is -1.66. The van der Waals surface area contributed by atoms with Gasteiger partial charge in [0.25, 0.3) is 0 Å². The topological polar surface area (TPSA) is 78.5 Å². The molecular formula is C10H9N3O3S. The first-order chi connectivity index (χ1) is 8.16. The number of hydrogen-bond acceptors (Lipinski definition) is 5. The third kappa shape index (κ3) is 1.58. The van der Waals surface area contributed by atoms with E-state index in [0.29, 0.717) is 0 Å². The second-order valence-electron chi connectivity index (χ2n) is 3.85. The molecule has 0 spiro atoms. The lowest BCUT2D eigenvalue weighted by Gasteiger charge is -2.19. The van der Waals surface area contributed by atoms with Crippen molar-refractivity contribution in [2.75, 3.05) is 0 Å². The largest absolute Gasteiger partial charge is 0.333 e. The molecular weight excluding hydrogens is 242 g/mol. The molecule has 2 saturated heterocycles. The Morgan fingerprint density at radius 2 is 1.94 bits per heavy atom. The molecule has 2 aliphatic heterocycles. The maximum Gasteiger partial charge on any atom is 0.333 e. The number of carbonyl (C=O) groups is 3. The molecule has 0 saturated carbocycles. The number of rotatable bonds is 1. The number of hydrogen-bond donors (Lipinski definition) is 2. The molecule has 0 radical (unpaired) electrons. The molecule has 1 aliphatic carbocycles. The van der Waals surface area contributed by atoms with Crippen molar-refractivity contribution in [1.29, 1.82) is 0 Å². The van der Waals surface area contributed by atoms with E-state index < -0.39 is 23.3 Å². The van der Waals surface area contributed by atoms with Crippen LogP contribution in [0.15, 0.2) is 24.3 Å². The maximum atomic E-state index is 11.5. The zero-order valence-electron chi connectivity index (χ0n) is 8.62. The lowest BCUT2D eigenvalue weighted by atomic mass is 10.1. The monoisotopic (exact) mass is 251 g/mol. The van der Waals surface area contributed by atoms with E-state index in [1.54, 1.807) is 0 Å². The van der Waals surface area contributed by atoms with E-state index in [-0.39, 0.29) is 11.3 Å². The fourth-order valence-corrected chi connectivity index (χ4v) is 3.35. The minimum absolute atomic E-state index is 0.0892. The van der Waals surface area contributed by atoms with Gasteiger partial charge in [-0.25, -0.2) is 9.69 Å².